The van der Waals surface area contributed by atoms with Gasteiger partial charge in [-0.15, -0.1) is 0 Å². The van der Waals surface area contributed by atoms with Gasteiger partial charge in [0.25, 0.3) is 0 Å². The van der Waals surface area contributed by atoms with Crippen molar-refractivity contribution in [2.24, 2.45) is 5.73 Å². The lowest BCUT2D eigenvalue weighted by Crippen LogP contribution is -2.44. The molecule has 108 valence electrons. The first-order chi connectivity index (χ1) is 10.2. The molecule has 0 fully saturated rings. The van der Waals surface area contributed by atoms with Crippen LogP contribution in [0.5, 0.6) is 0 Å². The van der Waals surface area contributed by atoms with Crippen LogP contribution in [0.1, 0.15) is 16.8 Å². The highest BCUT2D eigenvalue weighted by atomic mass is 16.2. The molecule has 0 aliphatic carbocycles. The van der Waals surface area contributed by atoms with Gasteiger partial charge in [0.15, 0.2) is 0 Å². The number of para-hydroxylation sites is 1. The van der Waals surface area contributed by atoms with E-state index in [-0.39, 0.29) is 6.03 Å². The first-order valence-electron chi connectivity index (χ1n) is 6.94. The maximum atomic E-state index is 12.5. The standard InChI is InChI=1S/C16H18N4O/c1-19-10-13-5-2-3-7-15(13)20(16(19)21)11-12-6-4-8-18-14(12)9-17/h2-8H,9-11,17H2,1H3. The highest BCUT2D eigenvalue weighted by molar-refractivity contribution is 5.94. The number of carbonyl (C=O) groups excluding carboxylic acids is 1. The fourth-order valence-corrected chi connectivity index (χ4v) is 2.66. The number of nitrogens with two attached hydrogens (primary N) is 1. The molecular formula is C16H18N4O. The number of hydrogen-bond donors (Lipinski definition) is 1. The molecule has 0 atom stereocenters. The first kappa shape index (κ1) is 13.6. The monoisotopic (exact) mass is 282 g/mol. The summed E-state index contributed by atoms with van der Waals surface area (Å²) >= 11 is 0. The molecule has 5 nitrogen and oxygen atoms in total. The highest BCUT2D eigenvalue weighted by Gasteiger charge is 2.28. The van der Waals surface area contributed by atoms with Crippen LogP contribution in [0.2, 0.25) is 0 Å². The molecular weight excluding hydrogens is 264 g/mol. The second-order valence-corrected chi connectivity index (χ2v) is 5.17. The summed E-state index contributed by atoms with van der Waals surface area (Å²) in [5.74, 6) is 0. The Morgan fingerprint density at radius 2 is 2.05 bits per heavy atom. The summed E-state index contributed by atoms with van der Waals surface area (Å²) < 4.78 is 0. The smallest absolute Gasteiger partial charge is 0.324 e. The summed E-state index contributed by atoms with van der Waals surface area (Å²) in [5.41, 5.74) is 9.67. The summed E-state index contributed by atoms with van der Waals surface area (Å²) in [6, 6.07) is 11.8. The van der Waals surface area contributed by atoms with E-state index in [0.717, 1.165) is 22.5 Å². The third-order valence-electron chi connectivity index (χ3n) is 3.75. The van der Waals surface area contributed by atoms with Crippen molar-refractivity contribution in [3.63, 3.8) is 0 Å². The minimum atomic E-state index is 0.000486. The lowest BCUT2D eigenvalue weighted by molar-refractivity contribution is 0.210. The molecule has 1 aromatic heterocycles. The van der Waals surface area contributed by atoms with Gasteiger partial charge in [0, 0.05) is 26.3 Å². The zero-order valence-electron chi connectivity index (χ0n) is 12.0. The van der Waals surface area contributed by atoms with Crippen molar-refractivity contribution in [1.82, 2.24) is 9.88 Å². The number of nitrogens with zero attached hydrogens (tertiary/aromatic N) is 3. The van der Waals surface area contributed by atoms with E-state index in [1.165, 1.54) is 0 Å². The Kier molecular flexibility index (Phi) is 3.58. The molecule has 3 rings (SSSR count). The molecule has 5 heteroatoms. The number of aromatic nitrogens is 1. The fourth-order valence-electron chi connectivity index (χ4n) is 2.66. The molecule has 0 saturated carbocycles. The van der Waals surface area contributed by atoms with Gasteiger partial charge in [-0.25, -0.2) is 4.79 Å². The lowest BCUT2D eigenvalue weighted by Gasteiger charge is -2.35. The Morgan fingerprint density at radius 3 is 2.86 bits per heavy atom. The number of amides is 2. The average molecular weight is 282 g/mol. The van der Waals surface area contributed by atoms with E-state index in [1.807, 2.05) is 37.4 Å². The number of rotatable bonds is 3. The van der Waals surface area contributed by atoms with Gasteiger partial charge >= 0.3 is 6.03 Å². The minimum Gasteiger partial charge on any atom is -0.325 e. The van der Waals surface area contributed by atoms with E-state index in [0.29, 0.717) is 19.6 Å². The normalized spacial score (nSPS) is 14.3. The molecule has 2 N–H and O–H groups in total. The van der Waals surface area contributed by atoms with Crippen LogP contribution in [0.3, 0.4) is 0 Å². The van der Waals surface area contributed by atoms with E-state index in [2.05, 4.69) is 11.1 Å². The zero-order valence-corrected chi connectivity index (χ0v) is 12.0. The zero-order chi connectivity index (χ0) is 14.8. The molecule has 2 aromatic rings. The minimum absolute atomic E-state index is 0.000486. The van der Waals surface area contributed by atoms with Crippen molar-refractivity contribution in [2.75, 3.05) is 11.9 Å². The Morgan fingerprint density at radius 1 is 1.24 bits per heavy atom. The van der Waals surface area contributed by atoms with Gasteiger partial charge in [0.1, 0.15) is 0 Å². The number of pyridine rings is 1. The Labute approximate surface area is 124 Å². The maximum absolute atomic E-state index is 12.5. The van der Waals surface area contributed by atoms with Crippen LogP contribution in [0.15, 0.2) is 42.6 Å². The molecule has 0 spiro atoms. The Bertz CT molecular complexity index is 671. The lowest BCUT2D eigenvalue weighted by atomic mass is 10.1. The number of carbonyl (C=O) groups is 1. The van der Waals surface area contributed by atoms with Crippen LogP contribution in [0.4, 0.5) is 10.5 Å². The molecule has 1 aliphatic rings. The van der Waals surface area contributed by atoms with Gasteiger partial charge in [-0.1, -0.05) is 24.3 Å². The van der Waals surface area contributed by atoms with Gasteiger partial charge in [0.2, 0.25) is 0 Å². The topological polar surface area (TPSA) is 62.5 Å². The Hall–Kier alpha value is -2.40. The third kappa shape index (κ3) is 2.48. The number of fused-ring (bicyclic) bond motifs is 1. The van der Waals surface area contributed by atoms with Crippen molar-refractivity contribution < 1.29 is 4.79 Å². The summed E-state index contributed by atoms with van der Waals surface area (Å²) in [5, 5.41) is 0. The maximum Gasteiger partial charge on any atom is 0.324 e. The summed E-state index contributed by atoms with van der Waals surface area (Å²) in [7, 11) is 1.82. The second kappa shape index (κ2) is 5.54. The van der Waals surface area contributed by atoms with Gasteiger partial charge in [-0.05, 0) is 23.3 Å². The van der Waals surface area contributed by atoms with Crippen LogP contribution in [0, 0.1) is 0 Å². The highest BCUT2D eigenvalue weighted by Crippen LogP contribution is 2.29. The van der Waals surface area contributed by atoms with Crippen LogP contribution in [-0.4, -0.2) is 23.0 Å². The summed E-state index contributed by atoms with van der Waals surface area (Å²) in [6.45, 7) is 1.50. The molecule has 1 aromatic carbocycles. The van der Waals surface area contributed by atoms with Crippen molar-refractivity contribution >= 4 is 11.7 Å². The number of anilines is 1. The molecule has 0 unspecified atom stereocenters. The van der Waals surface area contributed by atoms with Crippen LogP contribution in [-0.2, 0) is 19.6 Å². The van der Waals surface area contributed by atoms with Gasteiger partial charge in [-0.2, -0.15) is 0 Å². The molecule has 0 bridgehead atoms. The predicted octanol–water partition coefficient (Wildman–Crippen LogP) is 2.11. The van der Waals surface area contributed by atoms with Gasteiger partial charge < -0.3 is 10.6 Å². The van der Waals surface area contributed by atoms with E-state index >= 15 is 0 Å². The van der Waals surface area contributed by atoms with Crippen molar-refractivity contribution in [3.8, 4) is 0 Å². The van der Waals surface area contributed by atoms with Gasteiger partial charge in [-0.3, -0.25) is 9.88 Å². The van der Waals surface area contributed by atoms with Crippen molar-refractivity contribution in [1.29, 1.82) is 0 Å². The predicted molar refractivity (Wildman–Crippen MR) is 81.6 cm³/mol. The van der Waals surface area contributed by atoms with Crippen LogP contribution < -0.4 is 10.6 Å². The molecule has 0 radical (unpaired) electrons. The first-order valence-corrected chi connectivity index (χ1v) is 6.94. The average Bonchev–Trinajstić information content (AvgIpc) is 2.52. The fraction of sp³-hybridized carbons (Fsp3) is 0.250. The second-order valence-electron chi connectivity index (χ2n) is 5.17. The molecule has 1 aliphatic heterocycles. The molecule has 2 amide bonds. The van der Waals surface area contributed by atoms with E-state index < -0.39 is 0 Å². The number of urea groups is 1. The molecule has 21 heavy (non-hydrogen) atoms. The largest absolute Gasteiger partial charge is 0.325 e. The summed E-state index contributed by atoms with van der Waals surface area (Å²) in [4.78, 5) is 20.3. The summed E-state index contributed by atoms with van der Waals surface area (Å²) in [6.07, 6.45) is 1.73. The van der Waals surface area contributed by atoms with E-state index in [1.54, 1.807) is 16.0 Å². The quantitative estimate of drug-likeness (QED) is 0.938. The van der Waals surface area contributed by atoms with E-state index in [4.69, 9.17) is 5.73 Å². The SMILES string of the molecule is CN1Cc2ccccc2N(Cc2cccnc2CN)C1=O. The van der Waals surface area contributed by atoms with Gasteiger partial charge in [0.05, 0.1) is 17.9 Å². The molecule has 2 heterocycles. The van der Waals surface area contributed by atoms with Crippen LogP contribution >= 0.6 is 0 Å². The third-order valence-corrected chi connectivity index (χ3v) is 3.75. The molecule has 0 saturated heterocycles. The number of hydrogen-bond acceptors (Lipinski definition) is 3. The van der Waals surface area contributed by atoms with Crippen molar-refractivity contribution in [2.45, 2.75) is 19.6 Å². The van der Waals surface area contributed by atoms with Crippen molar-refractivity contribution in [3.05, 3.63) is 59.4 Å². The van der Waals surface area contributed by atoms with Crippen LogP contribution in [0.25, 0.3) is 0 Å². The number of benzene rings is 1. The Balaban J connectivity index is 1.99. The van der Waals surface area contributed by atoms with E-state index in [9.17, 15) is 4.79 Å².